The van der Waals surface area contributed by atoms with E-state index in [9.17, 15) is 0 Å². The van der Waals surface area contributed by atoms with Crippen LogP contribution in [0.3, 0.4) is 0 Å². The van der Waals surface area contributed by atoms with Gasteiger partial charge in [0.2, 0.25) is 0 Å². The Hall–Kier alpha value is -3.21. The number of fused-ring (bicyclic) bond motifs is 4. The summed E-state index contributed by atoms with van der Waals surface area (Å²) in [7, 11) is 1.69. The lowest BCUT2D eigenvalue weighted by atomic mass is 10.1. The minimum absolute atomic E-state index is 0.616. The normalized spacial score (nSPS) is 11.6. The van der Waals surface area contributed by atoms with Crippen molar-refractivity contribution in [1.82, 2.24) is 9.55 Å². The third-order valence-corrected chi connectivity index (χ3v) is 5.56. The summed E-state index contributed by atoms with van der Waals surface area (Å²) in [5, 5.41) is 3.66. The van der Waals surface area contributed by atoms with Crippen LogP contribution >= 0.6 is 0 Å². The highest BCUT2D eigenvalue weighted by Crippen LogP contribution is 2.32. The van der Waals surface area contributed by atoms with Crippen LogP contribution in [0.25, 0.3) is 44.0 Å². The molecule has 4 heteroatoms. The van der Waals surface area contributed by atoms with Gasteiger partial charge in [0.15, 0.2) is 0 Å². The molecule has 0 unspecified atom stereocenters. The van der Waals surface area contributed by atoms with Crippen molar-refractivity contribution in [3.8, 4) is 11.3 Å². The second kappa shape index (κ2) is 8.27. The van der Waals surface area contributed by atoms with E-state index in [-0.39, 0.29) is 0 Å². The van der Waals surface area contributed by atoms with Gasteiger partial charge >= 0.3 is 0 Å². The van der Waals surface area contributed by atoms with Gasteiger partial charge < -0.3 is 14.0 Å². The minimum atomic E-state index is 0.616. The number of nitrogens with zero attached hydrogens (tertiary/aromatic N) is 2. The molecule has 0 aliphatic heterocycles. The second-order valence-electron chi connectivity index (χ2n) is 7.40. The molecule has 0 fully saturated rings. The predicted octanol–water partition coefficient (Wildman–Crippen LogP) is 5.67. The topological polar surface area (TPSA) is 36.3 Å². The fraction of sp³-hybridized carbons (Fsp3) is 0.192. The molecule has 5 aromatic rings. The molecule has 4 nitrogen and oxygen atoms in total. The lowest BCUT2D eigenvalue weighted by molar-refractivity contribution is 0.0673. The van der Waals surface area contributed by atoms with Crippen LogP contribution in [0, 0.1) is 0 Å². The van der Waals surface area contributed by atoms with Crippen molar-refractivity contribution in [2.45, 2.75) is 6.54 Å². The molecule has 0 aliphatic rings. The van der Waals surface area contributed by atoms with Crippen LogP contribution in [-0.2, 0) is 16.0 Å². The quantitative estimate of drug-likeness (QED) is 0.332. The smallest absolute Gasteiger partial charge is 0.0709 e. The number of methoxy groups -OCH3 is 1. The fourth-order valence-corrected chi connectivity index (χ4v) is 4.08. The predicted molar refractivity (Wildman–Crippen MR) is 123 cm³/mol. The van der Waals surface area contributed by atoms with Crippen LogP contribution in [0.2, 0.25) is 0 Å². The molecule has 3 aromatic carbocycles. The average molecular weight is 396 g/mol. The first-order chi connectivity index (χ1) is 14.8. The van der Waals surface area contributed by atoms with E-state index in [4.69, 9.17) is 14.5 Å². The summed E-state index contributed by atoms with van der Waals surface area (Å²) in [5.74, 6) is 0. The number of rotatable bonds is 7. The molecule has 0 aliphatic carbocycles. The van der Waals surface area contributed by atoms with Crippen LogP contribution in [0.15, 0.2) is 78.9 Å². The summed E-state index contributed by atoms with van der Waals surface area (Å²) >= 11 is 0. The van der Waals surface area contributed by atoms with E-state index in [1.54, 1.807) is 7.11 Å². The van der Waals surface area contributed by atoms with E-state index in [2.05, 4.69) is 71.3 Å². The number of aromatic nitrogens is 2. The molecule has 0 radical (unpaired) electrons. The van der Waals surface area contributed by atoms with Crippen molar-refractivity contribution in [2.75, 3.05) is 26.9 Å². The average Bonchev–Trinajstić information content (AvgIpc) is 3.12. The van der Waals surface area contributed by atoms with E-state index in [1.165, 1.54) is 21.8 Å². The second-order valence-corrected chi connectivity index (χ2v) is 7.40. The highest BCUT2D eigenvalue weighted by Gasteiger charge is 2.12. The zero-order chi connectivity index (χ0) is 20.3. The Morgan fingerprint density at radius 3 is 2.53 bits per heavy atom. The third-order valence-electron chi connectivity index (χ3n) is 5.56. The Balaban J connectivity index is 1.56. The van der Waals surface area contributed by atoms with Gasteiger partial charge in [-0.15, -0.1) is 0 Å². The zero-order valence-corrected chi connectivity index (χ0v) is 17.0. The van der Waals surface area contributed by atoms with Crippen molar-refractivity contribution >= 4 is 32.7 Å². The van der Waals surface area contributed by atoms with Crippen molar-refractivity contribution in [2.24, 2.45) is 0 Å². The van der Waals surface area contributed by atoms with Crippen LogP contribution < -0.4 is 0 Å². The molecule has 150 valence electrons. The van der Waals surface area contributed by atoms with Crippen LogP contribution in [0.4, 0.5) is 0 Å². The largest absolute Gasteiger partial charge is 0.382 e. The molecule has 2 aromatic heterocycles. The molecular formula is C26H24N2O2. The van der Waals surface area contributed by atoms with Gasteiger partial charge in [-0.1, -0.05) is 48.5 Å². The number of para-hydroxylation sites is 2. The van der Waals surface area contributed by atoms with Gasteiger partial charge in [-0.2, -0.15) is 0 Å². The molecule has 0 atom stereocenters. The Labute approximate surface area is 175 Å². The SMILES string of the molecule is COCCOCCn1c2ccccc2c2cc(-c3ccc4ccccc4n3)ccc21. The minimum Gasteiger partial charge on any atom is -0.382 e. The summed E-state index contributed by atoms with van der Waals surface area (Å²) in [5.41, 5.74) is 5.59. The first-order valence-corrected chi connectivity index (χ1v) is 10.3. The molecule has 0 saturated heterocycles. The standard InChI is InChI=1S/C26H24N2O2/c1-29-16-17-30-15-14-28-25-9-5-3-7-21(25)22-18-20(11-13-26(22)28)24-12-10-19-6-2-4-8-23(19)27-24/h2-13,18H,14-17H2,1H3. The molecule has 0 saturated carbocycles. The molecule has 5 rings (SSSR count). The van der Waals surface area contributed by atoms with Gasteiger partial charge in [-0.05, 0) is 30.3 Å². The van der Waals surface area contributed by atoms with Gasteiger partial charge in [0, 0.05) is 46.4 Å². The van der Waals surface area contributed by atoms with E-state index in [0.717, 1.165) is 28.7 Å². The molecule has 2 heterocycles. The van der Waals surface area contributed by atoms with Crippen molar-refractivity contribution < 1.29 is 9.47 Å². The number of ether oxygens (including phenoxy) is 2. The van der Waals surface area contributed by atoms with Crippen molar-refractivity contribution in [3.63, 3.8) is 0 Å². The molecule has 0 spiro atoms. The number of hydrogen-bond donors (Lipinski definition) is 0. The lowest BCUT2D eigenvalue weighted by Gasteiger charge is -2.09. The highest BCUT2D eigenvalue weighted by atomic mass is 16.5. The van der Waals surface area contributed by atoms with E-state index in [0.29, 0.717) is 19.8 Å². The Morgan fingerprint density at radius 1 is 0.767 bits per heavy atom. The van der Waals surface area contributed by atoms with Crippen LogP contribution in [0.5, 0.6) is 0 Å². The summed E-state index contributed by atoms with van der Waals surface area (Å²) in [6, 6.07) is 27.7. The summed E-state index contributed by atoms with van der Waals surface area (Å²) in [6.45, 7) is 2.70. The summed E-state index contributed by atoms with van der Waals surface area (Å²) in [4.78, 5) is 4.88. The van der Waals surface area contributed by atoms with Gasteiger partial charge in [0.1, 0.15) is 0 Å². The highest BCUT2D eigenvalue weighted by molar-refractivity contribution is 6.09. The lowest BCUT2D eigenvalue weighted by Crippen LogP contribution is -2.09. The maximum Gasteiger partial charge on any atom is 0.0709 e. The molecule has 0 N–H and O–H groups in total. The van der Waals surface area contributed by atoms with E-state index < -0.39 is 0 Å². The number of hydrogen-bond acceptors (Lipinski definition) is 3. The van der Waals surface area contributed by atoms with Gasteiger partial charge in [-0.25, -0.2) is 4.98 Å². The first kappa shape index (κ1) is 18.8. The first-order valence-electron chi connectivity index (χ1n) is 10.3. The maximum absolute atomic E-state index is 5.72. The third kappa shape index (κ3) is 3.45. The Morgan fingerprint density at radius 2 is 1.60 bits per heavy atom. The van der Waals surface area contributed by atoms with Gasteiger partial charge in [0.05, 0.1) is 31.0 Å². The summed E-state index contributed by atoms with van der Waals surface area (Å²) < 4.78 is 13.1. The van der Waals surface area contributed by atoms with Crippen LogP contribution in [-0.4, -0.2) is 36.5 Å². The number of benzene rings is 3. The van der Waals surface area contributed by atoms with E-state index in [1.807, 2.05) is 12.1 Å². The zero-order valence-electron chi connectivity index (χ0n) is 17.0. The van der Waals surface area contributed by atoms with Crippen molar-refractivity contribution in [1.29, 1.82) is 0 Å². The van der Waals surface area contributed by atoms with Crippen LogP contribution in [0.1, 0.15) is 0 Å². The monoisotopic (exact) mass is 396 g/mol. The Kier molecular flexibility index (Phi) is 5.18. The Bertz CT molecular complexity index is 1320. The molecular weight excluding hydrogens is 372 g/mol. The molecule has 0 bridgehead atoms. The summed E-state index contributed by atoms with van der Waals surface area (Å²) in [6.07, 6.45) is 0. The van der Waals surface area contributed by atoms with Gasteiger partial charge in [0.25, 0.3) is 0 Å². The molecule has 0 amide bonds. The fourth-order valence-electron chi connectivity index (χ4n) is 4.08. The molecule has 30 heavy (non-hydrogen) atoms. The van der Waals surface area contributed by atoms with E-state index >= 15 is 0 Å². The van der Waals surface area contributed by atoms with Gasteiger partial charge in [-0.3, -0.25) is 0 Å². The maximum atomic E-state index is 5.72. The van der Waals surface area contributed by atoms with Crippen molar-refractivity contribution in [3.05, 3.63) is 78.9 Å². The number of pyridine rings is 1.